The molecule has 1 aromatic rings. The predicted molar refractivity (Wildman–Crippen MR) is 87.2 cm³/mol. The van der Waals surface area contributed by atoms with Gasteiger partial charge in [-0.1, -0.05) is 5.57 Å². The minimum atomic E-state index is -0.00806. The van der Waals surface area contributed by atoms with Crippen molar-refractivity contribution in [3.63, 3.8) is 0 Å². The number of hydrogen-bond donors (Lipinski definition) is 0. The van der Waals surface area contributed by atoms with E-state index in [1.165, 1.54) is 5.56 Å². The van der Waals surface area contributed by atoms with E-state index in [1.807, 2.05) is 27.0 Å². The van der Waals surface area contributed by atoms with Crippen LogP contribution in [0.3, 0.4) is 0 Å². The van der Waals surface area contributed by atoms with Gasteiger partial charge in [-0.15, -0.1) is 0 Å². The third-order valence-electron chi connectivity index (χ3n) is 4.39. The van der Waals surface area contributed by atoms with Crippen molar-refractivity contribution in [1.29, 1.82) is 0 Å². The van der Waals surface area contributed by atoms with Crippen LogP contribution < -0.4 is 14.2 Å². The van der Waals surface area contributed by atoms with Gasteiger partial charge in [0.05, 0.1) is 7.11 Å². The van der Waals surface area contributed by atoms with Crippen LogP contribution in [0.25, 0.3) is 0 Å². The number of carbonyl (C=O) groups excluding carboxylic acids is 1. The monoisotopic (exact) mass is 317 g/mol. The van der Waals surface area contributed by atoms with E-state index in [1.54, 1.807) is 13.2 Å². The molecular formula is C18H23NO4. The number of ether oxygens (including phenoxy) is 3. The van der Waals surface area contributed by atoms with Crippen molar-refractivity contribution in [1.82, 2.24) is 4.90 Å². The van der Waals surface area contributed by atoms with Crippen LogP contribution in [0.2, 0.25) is 0 Å². The van der Waals surface area contributed by atoms with Crippen molar-refractivity contribution in [2.24, 2.45) is 0 Å². The Morgan fingerprint density at radius 2 is 2.22 bits per heavy atom. The fourth-order valence-electron chi connectivity index (χ4n) is 3.35. The van der Waals surface area contributed by atoms with E-state index in [0.717, 1.165) is 29.9 Å². The number of rotatable bonds is 4. The van der Waals surface area contributed by atoms with Crippen LogP contribution >= 0.6 is 0 Å². The molecule has 2 aliphatic heterocycles. The van der Waals surface area contributed by atoms with Crippen LogP contribution in [-0.2, 0) is 11.2 Å². The van der Waals surface area contributed by atoms with E-state index in [-0.39, 0.29) is 18.6 Å². The molecule has 0 N–H and O–H groups in total. The molecule has 0 saturated heterocycles. The molecule has 0 aliphatic carbocycles. The third-order valence-corrected chi connectivity index (χ3v) is 4.39. The standard InChI is InChI=1S/C18H23NO4/c1-11(2)7-13(20)9-14-16-12(5-6-19(14)3)8-15-17(18(16)21-4)23-10-22-15/h7-8,14H,5-6,9-10H2,1-4H3/t14-/m0/s1. The molecule has 3 rings (SSSR count). The fourth-order valence-corrected chi connectivity index (χ4v) is 3.35. The zero-order valence-corrected chi connectivity index (χ0v) is 14.1. The Kier molecular flexibility index (Phi) is 4.31. The lowest BCUT2D eigenvalue weighted by Crippen LogP contribution is -2.33. The van der Waals surface area contributed by atoms with Crippen LogP contribution in [0.1, 0.15) is 37.4 Å². The fraction of sp³-hybridized carbons (Fsp3) is 0.500. The largest absolute Gasteiger partial charge is 0.492 e. The zero-order chi connectivity index (χ0) is 16.6. The molecule has 0 saturated carbocycles. The smallest absolute Gasteiger partial charge is 0.231 e. The van der Waals surface area contributed by atoms with Gasteiger partial charge in [-0.05, 0) is 45.0 Å². The molecule has 1 atom stereocenters. The number of allylic oxidation sites excluding steroid dienone is 2. The van der Waals surface area contributed by atoms with Gasteiger partial charge in [-0.25, -0.2) is 0 Å². The number of nitrogens with zero attached hydrogens (tertiary/aromatic N) is 1. The van der Waals surface area contributed by atoms with E-state index in [9.17, 15) is 4.79 Å². The van der Waals surface area contributed by atoms with E-state index < -0.39 is 0 Å². The molecule has 0 bridgehead atoms. The van der Waals surface area contributed by atoms with Gasteiger partial charge in [0, 0.05) is 24.6 Å². The van der Waals surface area contributed by atoms with Crippen molar-refractivity contribution >= 4 is 5.78 Å². The number of likely N-dealkylation sites (N-methyl/N-ethyl adjacent to an activating group) is 1. The van der Waals surface area contributed by atoms with Gasteiger partial charge >= 0.3 is 0 Å². The molecule has 23 heavy (non-hydrogen) atoms. The van der Waals surface area contributed by atoms with Crippen LogP contribution in [0.15, 0.2) is 17.7 Å². The minimum Gasteiger partial charge on any atom is -0.492 e. The second-order valence-electron chi connectivity index (χ2n) is 6.35. The van der Waals surface area contributed by atoms with E-state index in [4.69, 9.17) is 14.2 Å². The molecule has 5 nitrogen and oxygen atoms in total. The van der Waals surface area contributed by atoms with Crippen LogP contribution in [-0.4, -0.2) is 38.2 Å². The maximum absolute atomic E-state index is 12.3. The quantitative estimate of drug-likeness (QED) is 0.799. The average Bonchev–Trinajstić information content (AvgIpc) is 2.95. The number of carbonyl (C=O) groups is 1. The summed E-state index contributed by atoms with van der Waals surface area (Å²) in [6.45, 7) is 5.00. The summed E-state index contributed by atoms with van der Waals surface area (Å²) in [6, 6.07) is 2.03. The zero-order valence-electron chi connectivity index (χ0n) is 14.1. The Bertz CT molecular complexity index is 661. The molecule has 0 amide bonds. The van der Waals surface area contributed by atoms with Gasteiger partial charge in [0.15, 0.2) is 17.3 Å². The second kappa shape index (κ2) is 6.24. The highest BCUT2D eigenvalue weighted by atomic mass is 16.7. The number of fused-ring (bicyclic) bond motifs is 2. The molecule has 0 radical (unpaired) electrons. The summed E-state index contributed by atoms with van der Waals surface area (Å²) in [7, 11) is 3.69. The summed E-state index contributed by atoms with van der Waals surface area (Å²) in [5.41, 5.74) is 3.26. The van der Waals surface area contributed by atoms with Crippen molar-refractivity contribution in [3.05, 3.63) is 28.8 Å². The molecule has 5 heteroatoms. The molecule has 0 fully saturated rings. The summed E-state index contributed by atoms with van der Waals surface area (Å²) >= 11 is 0. The second-order valence-corrected chi connectivity index (χ2v) is 6.35. The maximum atomic E-state index is 12.3. The average molecular weight is 317 g/mol. The maximum Gasteiger partial charge on any atom is 0.231 e. The van der Waals surface area contributed by atoms with Gasteiger partial charge in [0.2, 0.25) is 12.5 Å². The minimum absolute atomic E-state index is 0.00806. The lowest BCUT2D eigenvalue weighted by Gasteiger charge is -2.35. The predicted octanol–water partition coefficient (Wildman–Crippen LogP) is 2.88. The lowest BCUT2D eigenvalue weighted by molar-refractivity contribution is -0.115. The van der Waals surface area contributed by atoms with Gasteiger partial charge in [0.25, 0.3) is 0 Å². The van der Waals surface area contributed by atoms with E-state index in [2.05, 4.69) is 4.90 Å². The van der Waals surface area contributed by atoms with Gasteiger partial charge in [-0.2, -0.15) is 0 Å². The van der Waals surface area contributed by atoms with Crippen molar-refractivity contribution in [3.8, 4) is 17.2 Å². The van der Waals surface area contributed by atoms with Gasteiger partial charge in [0.1, 0.15) is 0 Å². The van der Waals surface area contributed by atoms with Gasteiger partial charge in [-0.3, -0.25) is 9.69 Å². The topological polar surface area (TPSA) is 48.0 Å². The summed E-state index contributed by atoms with van der Waals surface area (Å²) in [6.07, 6.45) is 3.05. The van der Waals surface area contributed by atoms with Gasteiger partial charge < -0.3 is 14.2 Å². The number of hydrogen-bond acceptors (Lipinski definition) is 5. The molecule has 124 valence electrons. The van der Waals surface area contributed by atoms with Crippen LogP contribution in [0.5, 0.6) is 17.2 Å². The molecule has 0 aromatic heterocycles. The Labute approximate surface area is 136 Å². The van der Waals surface area contributed by atoms with E-state index >= 15 is 0 Å². The van der Waals surface area contributed by atoms with Crippen molar-refractivity contribution in [2.75, 3.05) is 27.5 Å². The van der Waals surface area contributed by atoms with E-state index in [0.29, 0.717) is 17.9 Å². The number of benzene rings is 1. The first-order valence-corrected chi connectivity index (χ1v) is 7.88. The highest BCUT2D eigenvalue weighted by molar-refractivity contribution is 5.91. The van der Waals surface area contributed by atoms with Crippen LogP contribution in [0, 0.1) is 0 Å². The molecule has 2 heterocycles. The lowest BCUT2D eigenvalue weighted by atomic mass is 9.88. The Morgan fingerprint density at radius 1 is 1.43 bits per heavy atom. The Morgan fingerprint density at radius 3 is 2.91 bits per heavy atom. The van der Waals surface area contributed by atoms with Crippen molar-refractivity contribution in [2.45, 2.75) is 32.7 Å². The summed E-state index contributed by atoms with van der Waals surface area (Å²) in [4.78, 5) is 14.5. The highest BCUT2D eigenvalue weighted by Gasteiger charge is 2.34. The Hall–Kier alpha value is -2.01. The molecule has 0 spiro atoms. The normalized spacial score (nSPS) is 19.2. The molecule has 1 aromatic carbocycles. The first-order valence-electron chi connectivity index (χ1n) is 7.88. The molecular weight excluding hydrogens is 294 g/mol. The summed E-state index contributed by atoms with van der Waals surface area (Å²) in [5.74, 6) is 2.23. The Balaban J connectivity index is 2.04. The first-order chi connectivity index (χ1) is 11.0. The molecule has 0 unspecified atom stereocenters. The van der Waals surface area contributed by atoms with Crippen LogP contribution in [0.4, 0.5) is 0 Å². The molecule has 2 aliphatic rings. The van der Waals surface area contributed by atoms with Crippen molar-refractivity contribution < 1.29 is 19.0 Å². The summed E-state index contributed by atoms with van der Waals surface area (Å²) in [5, 5.41) is 0. The highest BCUT2D eigenvalue weighted by Crippen LogP contribution is 2.50. The SMILES string of the molecule is COc1c2c(cc3c1[C@H](CC(=O)C=C(C)C)N(C)CC3)OCO2. The third kappa shape index (κ3) is 2.93. The number of methoxy groups -OCH3 is 1. The summed E-state index contributed by atoms with van der Waals surface area (Å²) < 4.78 is 16.7. The first kappa shape index (κ1) is 15.9. The number of ketones is 1.